The van der Waals surface area contributed by atoms with Gasteiger partial charge in [0, 0.05) is 12.6 Å². The van der Waals surface area contributed by atoms with E-state index in [4.69, 9.17) is 10.8 Å². The second kappa shape index (κ2) is 5.88. The van der Waals surface area contributed by atoms with Crippen LogP contribution in [0.4, 0.5) is 11.5 Å². The van der Waals surface area contributed by atoms with Crippen LogP contribution in [0.2, 0.25) is 0 Å². The van der Waals surface area contributed by atoms with Gasteiger partial charge in [-0.05, 0) is 38.9 Å². The predicted octanol–water partition coefficient (Wildman–Crippen LogP) is 1.26. The Kier molecular flexibility index (Phi) is 4.21. The fourth-order valence-electron chi connectivity index (χ4n) is 2.34. The summed E-state index contributed by atoms with van der Waals surface area (Å²) in [5, 5.41) is 12.2. The number of anilines is 2. The van der Waals surface area contributed by atoms with Crippen molar-refractivity contribution in [2.75, 3.05) is 30.7 Å². The highest BCUT2D eigenvalue weighted by atomic mass is 16.4. The summed E-state index contributed by atoms with van der Waals surface area (Å²) < 4.78 is 0. The normalized spacial score (nSPS) is 17.3. The number of nitrogens with zero attached hydrogens (tertiary/aromatic N) is 2. The van der Waals surface area contributed by atoms with Crippen molar-refractivity contribution in [3.8, 4) is 0 Å². The Balaban J connectivity index is 2.00. The van der Waals surface area contributed by atoms with E-state index in [2.05, 4.69) is 22.1 Å². The number of carboxylic acids is 1. The highest BCUT2D eigenvalue weighted by Gasteiger charge is 2.19. The van der Waals surface area contributed by atoms with Gasteiger partial charge < -0.3 is 16.2 Å². The van der Waals surface area contributed by atoms with Gasteiger partial charge in [0.05, 0.1) is 11.9 Å². The highest BCUT2D eigenvalue weighted by molar-refractivity contribution is 5.94. The first-order valence-corrected chi connectivity index (χ1v) is 6.54. The van der Waals surface area contributed by atoms with Crippen LogP contribution in [0.1, 0.15) is 30.1 Å². The summed E-state index contributed by atoms with van der Waals surface area (Å²) in [6.07, 6.45) is 3.95. The zero-order chi connectivity index (χ0) is 13.8. The van der Waals surface area contributed by atoms with Crippen molar-refractivity contribution in [3.63, 3.8) is 0 Å². The maximum Gasteiger partial charge on any atom is 0.339 e. The molecule has 1 aromatic heterocycles. The van der Waals surface area contributed by atoms with Gasteiger partial charge in [0.2, 0.25) is 0 Å². The number of pyridine rings is 1. The molecule has 2 heterocycles. The Labute approximate surface area is 112 Å². The molecule has 6 heteroatoms. The first-order valence-electron chi connectivity index (χ1n) is 6.54. The van der Waals surface area contributed by atoms with Crippen molar-refractivity contribution in [2.24, 2.45) is 0 Å². The maximum absolute atomic E-state index is 11.1. The molecule has 1 aliphatic heterocycles. The molecule has 0 bridgehead atoms. The van der Waals surface area contributed by atoms with Gasteiger partial charge in [0.15, 0.2) is 0 Å². The highest BCUT2D eigenvalue weighted by Crippen LogP contribution is 2.17. The maximum atomic E-state index is 11.1. The molecular weight excluding hydrogens is 244 g/mol. The van der Waals surface area contributed by atoms with E-state index in [1.54, 1.807) is 0 Å². The summed E-state index contributed by atoms with van der Waals surface area (Å²) in [5.41, 5.74) is 6.04. The number of aromatic nitrogens is 1. The number of hydrogen-bond acceptors (Lipinski definition) is 5. The lowest BCUT2D eigenvalue weighted by Gasteiger charge is -2.24. The SMILES string of the molecule is CC(CNc1ncc(N)cc1C(=O)O)N1CCCC1. The lowest BCUT2D eigenvalue weighted by molar-refractivity contribution is 0.0697. The molecule has 4 N–H and O–H groups in total. The monoisotopic (exact) mass is 264 g/mol. The minimum atomic E-state index is -1.02. The molecule has 2 rings (SSSR count). The van der Waals surface area contributed by atoms with E-state index in [0.29, 0.717) is 24.1 Å². The molecule has 1 fully saturated rings. The topological polar surface area (TPSA) is 91.5 Å². The molecule has 0 spiro atoms. The molecular formula is C13H20N4O2. The van der Waals surface area contributed by atoms with Gasteiger partial charge in [0.1, 0.15) is 11.4 Å². The van der Waals surface area contributed by atoms with Gasteiger partial charge in [-0.15, -0.1) is 0 Å². The molecule has 0 aliphatic carbocycles. The Morgan fingerprint density at radius 1 is 1.58 bits per heavy atom. The summed E-state index contributed by atoms with van der Waals surface area (Å²) >= 11 is 0. The van der Waals surface area contributed by atoms with Crippen LogP contribution in [0.15, 0.2) is 12.3 Å². The molecule has 104 valence electrons. The van der Waals surface area contributed by atoms with Crippen molar-refractivity contribution in [1.82, 2.24) is 9.88 Å². The molecule has 1 aliphatic rings. The summed E-state index contributed by atoms with van der Waals surface area (Å²) in [7, 11) is 0. The molecule has 0 radical (unpaired) electrons. The minimum Gasteiger partial charge on any atom is -0.478 e. The van der Waals surface area contributed by atoms with Crippen LogP contribution in [0.25, 0.3) is 0 Å². The van der Waals surface area contributed by atoms with E-state index in [0.717, 1.165) is 13.1 Å². The van der Waals surface area contributed by atoms with E-state index in [1.165, 1.54) is 25.1 Å². The Morgan fingerprint density at radius 2 is 2.26 bits per heavy atom. The number of nitrogens with one attached hydrogen (secondary N) is 1. The molecule has 0 amide bonds. The zero-order valence-electron chi connectivity index (χ0n) is 11.1. The molecule has 1 unspecified atom stereocenters. The van der Waals surface area contributed by atoms with Gasteiger partial charge in [-0.1, -0.05) is 0 Å². The second-order valence-corrected chi connectivity index (χ2v) is 4.94. The van der Waals surface area contributed by atoms with E-state index in [-0.39, 0.29) is 5.56 Å². The largest absolute Gasteiger partial charge is 0.478 e. The number of aromatic carboxylic acids is 1. The Bertz CT molecular complexity index is 458. The third-order valence-electron chi connectivity index (χ3n) is 3.47. The van der Waals surface area contributed by atoms with Crippen molar-refractivity contribution >= 4 is 17.5 Å². The van der Waals surface area contributed by atoms with E-state index < -0.39 is 5.97 Å². The van der Waals surface area contributed by atoms with Crippen LogP contribution >= 0.6 is 0 Å². The average Bonchev–Trinajstić information content (AvgIpc) is 2.90. The van der Waals surface area contributed by atoms with Crippen LogP contribution < -0.4 is 11.1 Å². The average molecular weight is 264 g/mol. The smallest absolute Gasteiger partial charge is 0.339 e. The molecule has 6 nitrogen and oxygen atoms in total. The van der Waals surface area contributed by atoms with Crippen molar-refractivity contribution in [1.29, 1.82) is 0 Å². The lowest BCUT2D eigenvalue weighted by atomic mass is 10.2. The third kappa shape index (κ3) is 3.35. The summed E-state index contributed by atoms with van der Waals surface area (Å²) in [5.74, 6) is -0.635. The van der Waals surface area contributed by atoms with E-state index in [1.807, 2.05) is 0 Å². The quantitative estimate of drug-likeness (QED) is 0.741. The van der Waals surface area contributed by atoms with Crippen molar-refractivity contribution < 1.29 is 9.90 Å². The van der Waals surface area contributed by atoms with Gasteiger partial charge in [-0.2, -0.15) is 0 Å². The second-order valence-electron chi connectivity index (χ2n) is 4.94. The summed E-state index contributed by atoms with van der Waals surface area (Å²) in [6.45, 7) is 5.04. The molecule has 1 aromatic rings. The van der Waals surface area contributed by atoms with E-state index in [9.17, 15) is 4.79 Å². The number of hydrogen-bond donors (Lipinski definition) is 3. The predicted molar refractivity (Wildman–Crippen MR) is 74.4 cm³/mol. The molecule has 19 heavy (non-hydrogen) atoms. The van der Waals surface area contributed by atoms with Crippen LogP contribution in [-0.2, 0) is 0 Å². The number of nitrogen functional groups attached to an aromatic ring is 1. The van der Waals surface area contributed by atoms with E-state index >= 15 is 0 Å². The summed E-state index contributed by atoms with van der Waals surface area (Å²) in [6, 6.07) is 1.79. The number of likely N-dealkylation sites (tertiary alicyclic amines) is 1. The van der Waals surface area contributed by atoms with Gasteiger partial charge >= 0.3 is 5.97 Å². The van der Waals surface area contributed by atoms with Gasteiger partial charge in [-0.25, -0.2) is 9.78 Å². The Hall–Kier alpha value is -1.82. The molecule has 0 saturated carbocycles. The first kappa shape index (κ1) is 13.6. The first-order chi connectivity index (χ1) is 9.08. The third-order valence-corrected chi connectivity index (χ3v) is 3.47. The lowest BCUT2D eigenvalue weighted by Crippen LogP contribution is -2.35. The standard InChI is InChI=1S/C13H20N4O2/c1-9(17-4-2-3-5-17)7-15-12-11(13(18)19)6-10(14)8-16-12/h6,8-9H,2-5,7,14H2,1H3,(H,15,16)(H,18,19). The van der Waals surface area contributed by atoms with Gasteiger partial charge in [0.25, 0.3) is 0 Å². The number of carbonyl (C=O) groups is 1. The summed E-state index contributed by atoms with van der Waals surface area (Å²) in [4.78, 5) is 17.6. The molecule has 0 aromatic carbocycles. The molecule has 1 saturated heterocycles. The minimum absolute atomic E-state index is 0.119. The fraction of sp³-hybridized carbons (Fsp3) is 0.538. The number of rotatable bonds is 5. The van der Waals surface area contributed by atoms with Crippen LogP contribution in [0.3, 0.4) is 0 Å². The van der Waals surface area contributed by atoms with Crippen LogP contribution in [-0.4, -0.2) is 46.6 Å². The number of nitrogens with two attached hydrogens (primary N) is 1. The number of carboxylic acid groups (broad SMARTS) is 1. The van der Waals surface area contributed by atoms with Crippen LogP contribution in [0, 0.1) is 0 Å². The van der Waals surface area contributed by atoms with Crippen molar-refractivity contribution in [3.05, 3.63) is 17.8 Å². The Morgan fingerprint density at radius 3 is 2.89 bits per heavy atom. The zero-order valence-corrected chi connectivity index (χ0v) is 11.1. The van der Waals surface area contributed by atoms with Crippen LogP contribution in [0.5, 0.6) is 0 Å². The van der Waals surface area contributed by atoms with Crippen molar-refractivity contribution in [2.45, 2.75) is 25.8 Å². The molecule has 1 atom stereocenters. The fourth-order valence-corrected chi connectivity index (χ4v) is 2.34. The van der Waals surface area contributed by atoms with Gasteiger partial charge in [-0.3, -0.25) is 4.90 Å².